The highest BCUT2D eigenvalue weighted by molar-refractivity contribution is 14.1. The fraction of sp³-hybridized carbons (Fsp3) is 0.385. The van der Waals surface area contributed by atoms with Crippen molar-refractivity contribution < 1.29 is 4.79 Å². The number of amides is 1. The molecule has 6 heteroatoms. The molecule has 1 aromatic carbocycles. The van der Waals surface area contributed by atoms with Crippen LogP contribution >= 0.6 is 22.6 Å². The molecule has 0 bridgehead atoms. The first-order chi connectivity index (χ1) is 8.76. The van der Waals surface area contributed by atoms with Crippen LogP contribution in [0.5, 0.6) is 0 Å². The molecular weight excluding hydrogens is 355 g/mol. The standard InChI is InChI=1S/C13H17IN4O/c1-13(2,3)17-11(19)7-18-10-5-4-8(14)6-9(10)16-12(18)15/h4-6H,7H2,1-3H3,(H2,15,16)(H,17,19). The number of fused-ring (bicyclic) bond motifs is 1. The van der Waals surface area contributed by atoms with Gasteiger partial charge in [-0.3, -0.25) is 4.79 Å². The topological polar surface area (TPSA) is 72.9 Å². The number of carbonyl (C=O) groups excluding carboxylic acids is 1. The number of carbonyl (C=O) groups is 1. The molecule has 3 N–H and O–H groups in total. The molecule has 0 aliphatic rings. The molecule has 2 rings (SSSR count). The maximum atomic E-state index is 12.0. The van der Waals surface area contributed by atoms with Crippen molar-refractivity contribution in [3.63, 3.8) is 0 Å². The van der Waals surface area contributed by atoms with Crippen molar-refractivity contribution in [3.05, 3.63) is 21.8 Å². The van der Waals surface area contributed by atoms with Crippen LogP contribution in [0, 0.1) is 3.57 Å². The van der Waals surface area contributed by atoms with E-state index in [-0.39, 0.29) is 18.0 Å². The second kappa shape index (κ2) is 4.99. The van der Waals surface area contributed by atoms with Crippen molar-refractivity contribution in [1.82, 2.24) is 14.9 Å². The van der Waals surface area contributed by atoms with Crippen molar-refractivity contribution >= 4 is 45.5 Å². The Morgan fingerprint density at radius 3 is 2.79 bits per heavy atom. The number of aromatic nitrogens is 2. The van der Waals surface area contributed by atoms with Crippen LogP contribution in [-0.2, 0) is 11.3 Å². The highest BCUT2D eigenvalue weighted by atomic mass is 127. The van der Waals surface area contributed by atoms with Crippen LogP contribution in [0.3, 0.4) is 0 Å². The summed E-state index contributed by atoms with van der Waals surface area (Å²) in [6.45, 7) is 6.02. The average molecular weight is 372 g/mol. The molecule has 5 nitrogen and oxygen atoms in total. The average Bonchev–Trinajstić information content (AvgIpc) is 2.51. The zero-order valence-corrected chi connectivity index (χ0v) is 13.4. The molecule has 0 saturated heterocycles. The molecule has 1 aromatic heterocycles. The molecule has 2 aromatic rings. The fourth-order valence-corrected chi connectivity index (χ4v) is 2.36. The normalized spacial score (nSPS) is 11.8. The van der Waals surface area contributed by atoms with Crippen molar-refractivity contribution in [2.75, 3.05) is 5.73 Å². The quantitative estimate of drug-likeness (QED) is 0.794. The minimum absolute atomic E-state index is 0.0722. The summed E-state index contributed by atoms with van der Waals surface area (Å²) in [5.74, 6) is 0.290. The number of nitrogen functional groups attached to an aromatic ring is 1. The summed E-state index contributed by atoms with van der Waals surface area (Å²) >= 11 is 2.22. The van der Waals surface area contributed by atoms with Gasteiger partial charge in [0.1, 0.15) is 6.54 Å². The third-order valence-corrected chi connectivity index (χ3v) is 3.23. The maximum absolute atomic E-state index is 12.0. The molecule has 0 spiro atoms. The highest BCUT2D eigenvalue weighted by Gasteiger charge is 2.16. The first-order valence-corrected chi connectivity index (χ1v) is 7.06. The number of anilines is 1. The van der Waals surface area contributed by atoms with E-state index in [9.17, 15) is 4.79 Å². The summed E-state index contributed by atoms with van der Waals surface area (Å²) in [6, 6.07) is 5.86. The zero-order chi connectivity index (χ0) is 14.2. The molecule has 0 unspecified atom stereocenters. The van der Waals surface area contributed by atoms with Crippen LogP contribution in [0.15, 0.2) is 18.2 Å². The number of hydrogen-bond donors (Lipinski definition) is 2. The minimum atomic E-state index is -0.252. The SMILES string of the molecule is CC(C)(C)NC(=O)Cn1c(N)nc2cc(I)ccc21. The minimum Gasteiger partial charge on any atom is -0.369 e. The van der Waals surface area contributed by atoms with Crippen molar-refractivity contribution in [2.45, 2.75) is 32.9 Å². The van der Waals surface area contributed by atoms with E-state index >= 15 is 0 Å². The third-order valence-electron chi connectivity index (χ3n) is 2.56. The number of rotatable bonds is 2. The molecule has 0 aliphatic carbocycles. The first kappa shape index (κ1) is 14.1. The van der Waals surface area contributed by atoms with Gasteiger partial charge in [-0.25, -0.2) is 4.98 Å². The lowest BCUT2D eigenvalue weighted by Crippen LogP contribution is -2.42. The Bertz CT molecular complexity index is 627. The van der Waals surface area contributed by atoms with E-state index in [0.29, 0.717) is 5.95 Å². The molecule has 102 valence electrons. The lowest BCUT2D eigenvalue weighted by Gasteiger charge is -2.20. The van der Waals surface area contributed by atoms with Gasteiger partial charge < -0.3 is 15.6 Å². The highest BCUT2D eigenvalue weighted by Crippen LogP contribution is 2.20. The summed E-state index contributed by atoms with van der Waals surface area (Å²) in [4.78, 5) is 16.3. The van der Waals surface area contributed by atoms with E-state index in [1.54, 1.807) is 4.57 Å². The van der Waals surface area contributed by atoms with Gasteiger partial charge in [0, 0.05) is 9.11 Å². The van der Waals surface area contributed by atoms with Gasteiger partial charge >= 0.3 is 0 Å². The second-order valence-electron chi connectivity index (χ2n) is 5.49. The van der Waals surface area contributed by atoms with Crippen LogP contribution in [0.2, 0.25) is 0 Å². The van der Waals surface area contributed by atoms with Gasteiger partial charge in [0.2, 0.25) is 11.9 Å². The van der Waals surface area contributed by atoms with Gasteiger partial charge in [0.05, 0.1) is 11.0 Å². The fourth-order valence-electron chi connectivity index (χ4n) is 1.89. The van der Waals surface area contributed by atoms with Crippen molar-refractivity contribution in [3.8, 4) is 0 Å². The Balaban J connectivity index is 2.30. The van der Waals surface area contributed by atoms with E-state index in [2.05, 4.69) is 32.9 Å². The molecule has 1 heterocycles. The molecule has 0 atom stereocenters. The summed E-state index contributed by atoms with van der Waals surface area (Å²) in [5, 5.41) is 2.92. The Morgan fingerprint density at radius 1 is 1.47 bits per heavy atom. The number of imidazole rings is 1. The summed E-state index contributed by atoms with van der Waals surface area (Å²) in [5.41, 5.74) is 7.32. The van der Waals surface area contributed by atoms with E-state index in [4.69, 9.17) is 5.73 Å². The Kier molecular flexibility index (Phi) is 3.71. The molecular formula is C13H17IN4O. The summed E-state index contributed by atoms with van der Waals surface area (Å²) < 4.78 is 2.82. The van der Waals surface area contributed by atoms with Crippen LogP contribution in [0.1, 0.15) is 20.8 Å². The first-order valence-electron chi connectivity index (χ1n) is 5.98. The Morgan fingerprint density at radius 2 is 2.16 bits per heavy atom. The smallest absolute Gasteiger partial charge is 0.240 e. The van der Waals surface area contributed by atoms with Crippen LogP contribution in [0.25, 0.3) is 11.0 Å². The van der Waals surface area contributed by atoms with Crippen molar-refractivity contribution in [1.29, 1.82) is 0 Å². The second-order valence-corrected chi connectivity index (χ2v) is 6.73. The summed E-state index contributed by atoms with van der Waals surface area (Å²) in [7, 11) is 0. The van der Waals surface area contributed by atoms with Gasteiger partial charge in [0.15, 0.2) is 0 Å². The number of nitrogens with one attached hydrogen (secondary N) is 1. The Hall–Kier alpha value is -1.31. The number of benzene rings is 1. The number of nitrogens with two attached hydrogens (primary N) is 1. The molecule has 1 amide bonds. The number of nitrogens with zero attached hydrogens (tertiary/aromatic N) is 2. The zero-order valence-electron chi connectivity index (χ0n) is 11.2. The predicted octanol–water partition coefficient (Wildman–Crippen LogP) is 2.14. The van der Waals surface area contributed by atoms with Gasteiger partial charge in [-0.1, -0.05) is 0 Å². The number of halogens is 1. The van der Waals surface area contributed by atoms with Crippen LogP contribution < -0.4 is 11.1 Å². The summed E-state index contributed by atoms with van der Waals surface area (Å²) in [6.07, 6.45) is 0. The molecule has 0 saturated carbocycles. The van der Waals surface area contributed by atoms with E-state index in [1.165, 1.54) is 0 Å². The van der Waals surface area contributed by atoms with Crippen LogP contribution in [-0.4, -0.2) is 21.0 Å². The Labute approximate surface area is 125 Å². The maximum Gasteiger partial charge on any atom is 0.240 e. The number of hydrogen-bond acceptors (Lipinski definition) is 3. The molecule has 0 aliphatic heterocycles. The molecule has 19 heavy (non-hydrogen) atoms. The largest absolute Gasteiger partial charge is 0.369 e. The van der Waals surface area contributed by atoms with Gasteiger partial charge in [-0.15, -0.1) is 0 Å². The third kappa shape index (κ3) is 3.37. The lowest BCUT2D eigenvalue weighted by molar-refractivity contribution is -0.122. The van der Waals surface area contributed by atoms with Crippen molar-refractivity contribution in [2.24, 2.45) is 0 Å². The van der Waals surface area contributed by atoms with Gasteiger partial charge in [0.25, 0.3) is 0 Å². The van der Waals surface area contributed by atoms with Crippen LogP contribution in [0.4, 0.5) is 5.95 Å². The van der Waals surface area contributed by atoms with Gasteiger partial charge in [-0.2, -0.15) is 0 Å². The van der Waals surface area contributed by atoms with E-state index < -0.39 is 0 Å². The lowest BCUT2D eigenvalue weighted by atomic mass is 10.1. The van der Waals surface area contributed by atoms with Gasteiger partial charge in [-0.05, 0) is 61.6 Å². The monoisotopic (exact) mass is 372 g/mol. The predicted molar refractivity (Wildman–Crippen MR) is 84.8 cm³/mol. The molecule has 0 radical (unpaired) electrons. The van der Waals surface area contributed by atoms with E-state index in [0.717, 1.165) is 14.6 Å². The van der Waals surface area contributed by atoms with E-state index in [1.807, 2.05) is 39.0 Å². The molecule has 0 fully saturated rings.